The van der Waals surface area contributed by atoms with Crippen molar-refractivity contribution in [3.8, 4) is 0 Å². The predicted octanol–water partition coefficient (Wildman–Crippen LogP) is 5.13. The van der Waals surface area contributed by atoms with Crippen LogP contribution in [0.15, 0.2) is 24.3 Å². The Labute approximate surface area is 165 Å². The number of primary amides is 1. The fraction of sp³-hybridized carbons (Fsp3) is 0.455. The monoisotopic (exact) mass is 384 g/mol. The molecule has 3 N–H and O–H groups in total. The van der Waals surface area contributed by atoms with Crippen molar-refractivity contribution in [2.75, 3.05) is 5.32 Å². The molecule has 1 aromatic carbocycles. The van der Waals surface area contributed by atoms with Crippen LogP contribution in [-0.4, -0.2) is 11.8 Å². The van der Waals surface area contributed by atoms with Crippen molar-refractivity contribution in [3.63, 3.8) is 0 Å². The highest BCUT2D eigenvalue weighted by atomic mass is 32.1. The van der Waals surface area contributed by atoms with Crippen molar-refractivity contribution in [1.29, 1.82) is 0 Å². The van der Waals surface area contributed by atoms with E-state index in [1.165, 1.54) is 34.6 Å². The summed E-state index contributed by atoms with van der Waals surface area (Å²) in [5, 5.41) is 3.54. The molecule has 1 unspecified atom stereocenters. The number of hydrogen-bond donors (Lipinski definition) is 2. The number of fused-ring (bicyclic) bond motifs is 1. The molecule has 2 aromatic rings. The van der Waals surface area contributed by atoms with E-state index >= 15 is 0 Å². The van der Waals surface area contributed by atoms with E-state index in [2.05, 4.69) is 26.1 Å². The zero-order valence-electron chi connectivity index (χ0n) is 16.3. The Kier molecular flexibility index (Phi) is 6.00. The van der Waals surface area contributed by atoms with Crippen LogP contribution in [0.3, 0.4) is 0 Å². The molecule has 5 heteroatoms. The van der Waals surface area contributed by atoms with Gasteiger partial charge in [0.1, 0.15) is 5.00 Å². The number of thiophene rings is 1. The number of amides is 2. The first-order valence-electron chi connectivity index (χ1n) is 9.76. The van der Waals surface area contributed by atoms with Crippen LogP contribution in [-0.2, 0) is 12.8 Å². The van der Waals surface area contributed by atoms with Gasteiger partial charge >= 0.3 is 0 Å². The largest absolute Gasteiger partial charge is 0.365 e. The molecular weight excluding hydrogens is 356 g/mol. The molecule has 1 aliphatic rings. The third-order valence-corrected chi connectivity index (χ3v) is 6.55. The van der Waals surface area contributed by atoms with Crippen molar-refractivity contribution in [1.82, 2.24) is 0 Å². The Morgan fingerprint density at radius 1 is 1.26 bits per heavy atom. The first kappa shape index (κ1) is 19.6. The van der Waals surface area contributed by atoms with Crippen molar-refractivity contribution >= 4 is 28.2 Å². The van der Waals surface area contributed by atoms with Gasteiger partial charge in [-0.2, -0.15) is 0 Å². The molecule has 0 saturated carbocycles. The van der Waals surface area contributed by atoms with Crippen LogP contribution in [0.25, 0.3) is 0 Å². The third-order valence-electron chi connectivity index (χ3n) is 5.38. The van der Waals surface area contributed by atoms with Crippen LogP contribution in [0.1, 0.15) is 82.7 Å². The lowest BCUT2D eigenvalue weighted by molar-refractivity contribution is 0.1000. The number of carbonyl (C=O) groups excluding carboxylic acids is 2. The number of anilines is 1. The van der Waals surface area contributed by atoms with Gasteiger partial charge in [-0.1, -0.05) is 45.7 Å². The molecule has 144 valence electrons. The van der Waals surface area contributed by atoms with Gasteiger partial charge in [0.15, 0.2) is 0 Å². The summed E-state index contributed by atoms with van der Waals surface area (Å²) in [7, 11) is 0. The first-order valence-corrected chi connectivity index (χ1v) is 10.6. The second kappa shape index (κ2) is 8.26. The molecule has 0 fully saturated rings. The molecule has 1 aromatic heterocycles. The van der Waals surface area contributed by atoms with Crippen molar-refractivity contribution in [3.05, 3.63) is 51.4 Å². The average molecular weight is 385 g/mol. The molecule has 0 bridgehead atoms. The van der Waals surface area contributed by atoms with Gasteiger partial charge in [-0.25, -0.2) is 0 Å². The summed E-state index contributed by atoms with van der Waals surface area (Å²) in [5.41, 5.74) is 9.00. The molecule has 2 amide bonds. The van der Waals surface area contributed by atoms with Crippen LogP contribution < -0.4 is 11.1 Å². The molecule has 27 heavy (non-hydrogen) atoms. The molecule has 4 nitrogen and oxygen atoms in total. The quantitative estimate of drug-likeness (QED) is 0.725. The summed E-state index contributed by atoms with van der Waals surface area (Å²) in [6, 6.07) is 7.62. The highest BCUT2D eigenvalue weighted by Crippen LogP contribution is 2.40. The van der Waals surface area contributed by atoms with Crippen LogP contribution in [0.2, 0.25) is 0 Å². The Morgan fingerprint density at radius 3 is 2.56 bits per heavy atom. The smallest absolute Gasteiger partial charge is 0.256 e. The maximum absolute atomic E-state index is 12.7. The normalized spacial score (nSPS) is 16.2. The lowest BCUT2D eigenvalue weighted by Gasteiger charge is -2.21. The van der Waals surface area contributed by atoms with Crippen molar-refractivity contribution < 1.29 is 9.59 Å². The maximum atomic E-state index is 12.7. The van der Waals surface area contributed by atoms with Crippen molar-refractivity contribution in [2.24, 2.45) is 11.7 Å². The highest BCUT2D eigenvalue weighted by Gasteiger charge is 2.28. The number of benzene rings is 1. The topological polar surface area (TPSA) is 72.2 Å². The Hall–Kier alpha value is -2.14. The molecule has 1 aliphatic carbocycles. The van der Waals surface area contributed by atoms with Crippen LogP contribution >= 0.6 is 11.3 Å². The lowest BCUT2D eigenvalue weighted by atomic mass is 9.84. The van der Waals surface area contributed by atoms with Crippen LogP contribution in [0.5, 0.6) is 0 Å². The molecule has 0 aliphatic heterocycles. The second-order valence-corrected chi connectivity index (χ2v) is 8.81. The standard InChI is InChI=1S/C22H28N2O2S/c1-4-5-14-6-11-17-18(12-14)27-22(19(17)20(23)25)24-21(26)16-9-7-15(8-10-16)13(2)3/h7-10,13-14H,4-6,11-12H2,1-3H3,(H2,23,25)(H,24,26). The van der Waals surface area contributed by atoms with E-state index in [0.717, 1.165) is 24.8 Å². The zero-order chi connectivity index (χ0) is 19.6. The number of rotatable bonds is 6. The zero-order valence-corrected chi connectivity index (χ0v) is 17.1. The van der Waals surface area contributed by atoms with E-state index in [9.17, 15) is 9.59 Å². The minimum absolute atomic E-state index is 0.198. The van der Waals surface area contributed by atoms with Gasteiger partial charge in [-0.05, 0) is 54.4 Å². The van der Waals surface area contributed by atoms with Gasteiger partial charge in [0.05, 0.1) is 5.56 Å². The highest BCUT2D eigenvalue weighted by molar-refractivity contribution is 7.17. The Morgan fingerprint density at radius 2 is 1.96 bits per heavy atom. The molecule has 0 spiro atoms. The van der Waals surface area contributed by atoms with E-state index in [1.54, 1.807) is 0 Å². The predicted molar refractivity (Wildman–Crippen MR) is 112 cm³/mol. The van der Waals surface area contributed by atoms with Gasteiger partial charge in [-0.15, -0.1) is 11.3 Å². The number of carbonyl (C=O) groups is 2. The first-order chi connectivity index (χ1) is 12.9. The summed E-state index contributed by atoms with van der Waals surface area (Å²) in [5.74, 6) is 0.432. The van der Waals surface area contributed by atoms with E-state index in [1.807, 2.05) is 24.3 Å². The van der Waals surface area contributed by atoms with Gasteiger partial charge in [0.25, 0.3) is 11.8 Å². The minimum atomic E-state index is -0.452. The van der Waals surface area contributed by atoms with Crippen LogP contribution in [0.4, 0.5) is 5.00 Å². The SMILES string of the molecule is CCCC1CCc2c(sc(NC(=O)c3ccc(C(C)C)cc3)c2C(N)=O)C1. The Balaban J connectivity index is 1.84. The second-order valence-electron chi connectivity index (χ2n) is 7.70. The molecular formula is C22H28N2O2S. The van der Waals surface area contributed by atoms with E-state index in [4.69, 9.17) is 5.73 Å². The minimum Gasteiger partial charge on any atom is -0.365 e. The number of hydrogen-bond acceptors (Lipinski definition) is 3. The summed E-state index contributed by atoms with van der Waals surface area (Å²) < 4.78 is 0. The number of nitrogens with two attached hydrogens (primary N) is 1. The van der Waals surface area contributed by atoms with E-state index < -0.39 is 5.91 Å². The molecule has 0 radical (unpaired) electrons. The summed E-state index contributed by atoms with van der Waals surface area (Å²) >= 11 is 1.52. The molecule has 0 saturated heterocycles. The molecule has 1 heterocycles. The fourth-order valence-electron chi connectivity index (χ4n) is 3.85. The van der Waals surface area contributed by atoms with E-state index in [-0.39, 0.29) is 5.91 Å². The fourth-order valence-corrected chi connectivity index (χ4v) is 5.21. The molecule has 1 atom stereocenters. The average Bonchev–Trinajstić information content (AvgIpc) is 2.99. The summed E-state index contributed by atoms with van der Waals surface area (Å²) in [4.78, 5) is 26.0. The van der Waals surface area contributed by atoms with E-state index in [0.29, 0.717) is 28.0 Å². The maximum Gasteiger partial charge on any atom is 0.256 e. The Bertz CT molecular complexity index is 837. The van der Waals surface area contributed by atoms with Gasteiger partial charge in [0, 0.05) is 10.4 Å². The van der Waals surface area contributed by atoms with Gasteiger partial charge in [0.2, 0.25) is 0 Å². The van der Waals surface area contributed by atoms with Crippen molar-refractivity contribution in [2.45, 2.75) is 58.8 Å². The lowest BCUT2D eigenvalue weighted by Crippen LogP contribution is -2.20. The molecule has 3 rings (SSSR count). The summed E-state index contributed by atoms with van der Waals surface area (Å²) in [6.07, 6.45) is 5.31. The van der Waals surface area contributed by atoms with Gasteiger partial charge in [-0.3, -0.25) is 9.59 Å². The van der Waals surface area contributed by atoms with Crippen LogP contribution in [0, 0.1) is 5.92 Å². The number of nitrogens with one attached hydrogen (secondary N) is 1. The summed E-state index contributed by atoms with van der Waals surface area (Å²) in [6.45, 7) is 6.45. The third kappa shape index (κ3) is 4.24. The van der Waals surface area contributed by atoms with Gasteiger partial charge < -0.3 is 11.1 Å².